The van der Waals surface area contributed by atoms with Crippen molar-refractivity contribution >= 4 is 12.2 Å². The normalized spacial score (nSPS) is 15.2. The number of H-pyrrole nitrogens is 1. The molecule has 21 heavy (non-hydrogen) atoms. The van der Waals surface area contributed by atoms with E-state index in [2.05, 4.69) is 61.9 Å². The summed E-state index contributed by atoms with van der Waals surface area (Å²) in [6.45, 7) is 8.75. The molecule has 3 heteroatoms. The lowest BCUT2D eigenvalue weighted by Crippen LogP contribution is -2.10. The lowest BCUT2D eigenvalue weighted by molar-refractivity contribution is 0.590. The monoisotopic (exact) mass is 298 g/mol. The standard InChI is InChI=1S/C18H22N2S/c1-11-15(19-16(13-5-6-13)20-17(11)21)12-7-9-14(10-8-12)18(2,3)4/h7-10,13H,5-6H2,1-4H3,(H,19,20,21). The van der Waals surface area contributed by atoms with E-state index in [0.717, 1.165) is 21.7 Å². The highest BCUT2D eigenvalue weighted by Gasteiger charge is 2.26. The van der Waals surface area contributed by atoms with Crippen LogP contribution in [0.4, 0.5) is 0 Å². The molecule has 1 aromatic carbocycles. The van der Waals surface area contributed by atoms with Gasteiger partial charge < -0.3 is 4.98 Å². The molecule has 3 rings (SSSR count). The molecular formula is C18H22N2S. The molecule has 1 N–H and O–H groups in total. The molecule has 0 bridgehead atoms. The molecule has 2 aromatic rings. The molecule has 110 valence electrons. The molecular weight excluding hydrogens is 276 g/mol. The summed E-state index contributed by atoms with van der Waals surface area (Å²) in [5.41, 5.74) is 4.91. The predicted molar refractivity (Wildman–Crippen MR) is 90.3 cm³/mol. The Morgan fingerprint density at radius 1 is 1.14 bits per heavy atom. The summed E-state index contributed by atoms with van der Waals surface area (Å²) >= 11 is 5.43. The van der Waals surface area contributed by atoms with Crippen molar-refractivity contribution in [2.24, 2.45) is 0 Å². The average molecular weight is 298 g/mol. The van der Waals surface area contributed by atoms with Crippen LogP contribution < -0.4 is 0 Å². The second-order valence-corrected chi connectivity index (χ2v) is 7.42. The fourth-order valence-electron chi connectivity index (χ4n) is 2.53. The van der Waals surface area contributed by atoms with Crippen molar-refractivity contribution in [3.63, 3.8) is 0 Å². The zero-order chi connectivity index (χ0) is 15.2. The van der Waals surface area contributed by atoms with Gasteiger partial charge in [-0.25, -0.2) is 4.98 Å². The highest BCUT2D eigenvalue weighted by Crippen LogP contribution is 2.39. The van der Waals surface area contributed by atoms with Gasteiger partial charge in [0.05, 0.1) is 5.69 Å². The van der Waals surface area contributed by atoms with Crippen molar-refractivity contribution < 1.29 is 0 Å². The zero-order valence-electron chi connectivity index (χ0n) is 13.2. The Morgan fingerprint density at radius 3 is 2.29 bits per heavy atom. The molecule has 1 heterocycles. The second-order valence-electron chi connectivity index (χ2n) is 7.03. The molecule has 2 nitrogen and oxygen atoms in total. The molecule has 0 unspecified atom stereocenters. The van der Waals surface area contributed by atoms with Gasteiger partial charge in [-0.3, -0.25) is 0 Å². The van der Waals surface area contributed by atoms with Gasteiger partial charge in [-0.05, 0) is 36.3 Å². The molecule has 1 fully saturated rings. The van der Waals surface area contributed by atoms with Crippen molar-refractivity contribution in [1.82, 2.24) is 9.97 Å². The van der Waals surface area contributed by atoms with Crippen LogP contribution in [-0.2, 0) is 5.41 Å². The van der Waals surface area contributed by atoms with Gasteiger partial charge in [-0.2, -0.15) is 0 Å². The highest BCUT2D eigenvalue weighted by molar-refractivity contribution is 7.71. The van der Waals surface area contributed by atoms with Crippen LogP contribution in [0.1, 0.15) is 56.5 Å². The number of hydrogen-bond acceptors (Lipinski definition) is 2. The predicted octanol–water partition coefficient (Wildman–Crippen LogP) is 5.29. The van der Waals surface area contributed by atoms with Crippen LogP contribution in [0.3, 0.4) is 0 Å². The van der Waals surface area contributed by atoms with Crippen LogP contribution in [0.2, 0.25) is 0 Å². The van der Waals surface area contributed by atoms with Crippen LogP contribution in [0.25, 0.3) is 11.3 Å². The van der Waals surface area contributed by atoms with Crippen molar-refractivity contribution in [3.05, 3.63) is 45.9 Å². The Bertz CT molecular complexity index is 716. The molecule has 0 saturated heterocycles. The maximum atomic E-state index is 5.43. The SMILES string of the molecule is Cc1c(-c2ccc(C(C)(C)C)cc2)[nH]c(C2CC2)nc1=S. The van der Waals surface area contributed by atoms with Crippen molar-refractivity contribution in [2.75, 3.05) is 0 Å². The van der Waals surface area contributed by atoms with Crippen molar-refractivity contribution in [3.8, 4) is 11.3 Å². The molecule has 0 radical (unpaired) electrons. The number of rotatable bonds is 2. The van der Waals surface area contributed by atoms with Gasteiger partial charge >= 0.3 is 0 Å². The third-order valence-electron chi connectivity index (χ3n) is 4.17. The lowest BCUT2D eigenvalue weighted by Gasteiger charge is -2.19. The van der Waals surface area contributed by atoms with E-state index in [4.69, 9.17) is 12.2 Å². The minimum Gasteiger partial charge on any atom is -0.343 e. The summed E-state index contributed by atoms with van der Waals surface area (Å²) in [7, 11) is 0. The molecule has 0 amide bonds. The van der Waals surface area contributed by atoms with Gasteiger partial charge in [0.1, 0.15) is 10.5 Å². The largest absolute Gasteiger partial charge is 0.343 e. The summed E-state index contributed by atoms with van der Waals surface area (Å²) in [6, 6.07) is 8.79. The third kappa shape index (κ3) is 2.93. The number of hydrogen-bond donors (Lipinski definition) is 1. The van der Waals surface area contributed by atoms with Gasteiger partial charge in [0, 0.05) is 11.5 Å². The van der Waals surface area contributed by atoms with Crippen molar-refractivity contribution in [1.29, 1.82) is 0 Å². The van der Waals surface area contributed by atoms with E-state index in [9.17, 15) is 0 Å². The minimum absolute atomic E-state index is 0.178. The van der Waals surface area contributed by atoms with Gasteiger partial charge in [0.15, 0.2) is 0 Å². The van der Waals surface area contributed by atoms with E-state index in [1.54, 1.807) is 0 Å². The Balaban J connectivity index is 2.05. The quantitative estimate of drug-likeness (QED) is 0.763. The molecule has 0 atom stereocenters. The first-order valence-electron chi connectivity index (χ1n) is 7.58. The maximum Gasteiger partial charge on any atom is 0.133 e. The lowest BCUT2D eigenvalue weighted by atomic mass is 9.86. The van der Waals surface area contributed by atoms with E-state index in [0.29, 0.717) is 5.92 Å². The van der Waals surface area contributed by atoms with Gasteiger partial charge in [-0.15, -0.1) is 0 Å². The number of nitrogens with one attached hydrogen (secondary N) is 1. The minimum atomic E-state index is 0.178. The van der Waals surface area contributed by atoms with Crippen LogP contribution >= 0.6 is 12.2 Å². The summed E-state index contributed by atoms with van der Waals surface area (Å²) in [4.78, 5) is 8.05. The Hall–Kier alpha value is -1.48. The molecule has 0 spiro atoms. The number of benzene rings is 1. The van der Waals surface area contributed by atoms with E-state index >= 15 is 0 Å². The first-order chi connectivity index (χ1) is 9.86. The first kappa shape index (κ1) is 14.5. The summed E-state index contributed by atoms with van der Waals surface area (Å²) in [5, 5.41) is 0. The average Bonchev–Trinajstić information content (AvgIpc) is 3.25. The fourth-order valence-corrected chi connectivity index (χ4v) is 2.73. The van der Waals surface area contributed by atoms with E-state index in [1.165, 1.54) is 24.0 Å². The first-order valence-corrected chi connectivity index (χ1v) is 7.99. The number of aromatic nitrogens is 2. The number of aromatic amines is 1. The van der Waals surface area contributed by atoms with E-state index in [-0.39, 0.29) is 5.41 Å². The fraction of sp³-hybridized carbons (Fsp3) is 0.444. The Labute approximate surface area is 131 Å². The molecule has 1 saturated carbocycles. The van der Waals surface area contributed by atoms with Crippen LogP contribution in [0, 0.1) is 11.6 Å². The second kappa shape index (κ2) is 5.06. The van der Waals surface area contributed by atoms with Crippen molar-refractivity contribution in [2.45, 2.75) is 51.9 Å². The van der Waals surface area contributed by atoms with Gasteiger partial charge in [0.2, 0.25) is 0 Å². The topological polar surface area (TPSA) is 28.7 Å². The molecule has 1 aliphatic rings. The maximum absolute atomic E-state index is 5.43. The van der Waals surface area contributed by atoms with E-state index in [1.807, 2.05) is 0 Å². The summed E-state index contributed by atoms with van der Waals surface area (Å²) in [6.07, 6.45) is 2.45. The van der Waals surface area contributed by atoms with Gasteiger partial charge in [-0.1, -0.05) is 57.3 Å². The highest BCUT2D eigenvalue weighted by atomic mass is 32.1. The summed E-state index contributed by atoms with van der Waals surface area (Å²) < 4.78 is 0.727. The van der Waals surface area contributed by atoms with Crippen LogP contribution in [0.15, 0.2) is 24.3 Å². The van der Waals surface area contributed by atoms with Crippen LogP contribution in [0.5, 0.6) is 0 Å². The number of nitrogens with zero attached hydrogens (tertiary/aromatic N) is 1. The Kier molecular flexibility index (Phi) is 3.48. The van der Waals surface area contributed by atoms with Gasteiger partial charge in [0.25, 0.3) is 0 Å². The molecule has 1 aliphatic carbocycles. The summed E-state index contributed by atoms with van der Waals surface area (Å²) in [5.74, 6) is 1.64. The smallest absolute Gasteiger partial charge is 0.133 e. The van der Waals surface area contributed by atoms with Crippen LogP contribution in [-0.4, -0.2) is 9.97 Å². The van der Waals surface area contributed by atoms with E-state index < -0.39 is 0 Å². The zero-order valence-corrected chi connectivity index (χ0v) is 14.0. The molecule has 0 aliphatic heterocycles. The Morgan fingerprint density at radius 2 is 1.76 bits per heavy atom. The molecule has 1 aromatic heterocycles. The third-order valence-corrected chi connectivity index (χ3v) is 4.57.